The number of amides is 1. The molecule has 3 aromatic rings. The molecule has 0 saturated carbocycles. The number of nitrogens with one attached hydrogen (secondary N) is 1. The molecule has 2 aromatic carbocycles. The van der Waals surface area contributed by atoms with E-state index in [0.29, 0.717) is 24.8 Å². The number of rotatable bonds is 8. The largest absolute Gasteiger partial charge is 0.494 e. The number of pyridine rings is 1. The lowest BCUT2D eigenvalue weighted by Gasteiger charge is -2.12. The second-order valence-corrected chi connectivity index (χ2v) is 6.37. The van der Waals surface area contributed by atoms with Gasteiger partial charge in [0, 0.05) is 6.20 Å². The third-order valence-corrected chi connectivity index (χ3v) is 4.27. The van der Waals surface area contributed by atoms with Crippen molar-refractivity contribution in [2.75, 3.05) is 11.9 Å². The number of carbonyl (C=O) groups excluding carboxylic acids is 1. The average molecular weight is 376 g/mol. The first-order valence-electron chi connectivity index (χ1n) is 9.29. The van der Waals surface area contributed by atoms with Crippen LogP contribution < -0.4 is 14.8 Å². The third-order valence-electron chi connectivity index (χ3n) is 4.27. The SMILES string of the molecule is CCOc1ccc(CC(=O)Nc2ncccc2OCc2ccccc2C)cc1. The zero-order chi connectivity index (χ0) is 19.8. The molecular formula is C23H24N2O3. The summed E-state index contributed by atoms with van der Waals surface area (Å²) in [6.45, 7) is 5.01. The van der Waals surface area contributed by atoms with Gasteiger partial charge in [0.15, 0.2) is 11.6 Å². The molecule has 5 heteroatoms. The number of aryl methyl sites for hydroxylation is 1. The molecule has 0 saturated heterocycles. The van der Waals surface area contributed by atoms with Crippen molar-refractivity contribution in [1.29, 1.82) is 0 Å². The van der Waals surface area contributed by atoms with E-state index >= 15 is 0 Å². The van der Waals surface area contributed by atoms with E-state index < -0.39 is 0 Å². The highest BCUT2D eigenvalue weighted by atomic mass is 16.5. The molecule has 0 spiro atoms. The van der Waals surface area contributed by atoms with Gasteiger partial charge in [0.1, 0.15) is 12.4 Å². The standard InChI is InChI=1S/C23H24N2O3/c1-3-27-20-12-10-18(11-13-20)15-22(26)25-23-21(9-6-14-24-23)28-16-19-8-5-4-7-17(19)2/h4-14H,3,15-16H2,1-2H3,(H,24,25,26). The summed E-state index contributed by atoms with van der Waals surface area (Å²) in [6.07, 6.45) is 1.88. The lowest BCUT2D eigenvalue weighted by Crippen LogP contribution is -2.16. The van der Waals surface area contributed by atoms with E-state index in [-0.39, 0.29) is 12.3 Å². The van der Waals surface area contributed by atoms with E-state index in [2.05, 4.69) is 10.3 Å². The first-order chi connectivity index (χ1) is 13.7. The normalized spacial score (nSPS) is 10.4. The molecule has 3 rings (SSSR count). The number of anilines is 1. The van der Waals surface area contributed by atoms with Crippen LogP contribution in [0.3, 0.4) is 0 Å². The van der Waals surface area contributed by atoms with Crippen LogP contribution in [0.2, 0.25) is 0 Å². The van der Waals surface area contributed by atoms with Crippen molar-refractivity contribution in [3.63, 3.8) is 0 Å². The lowest BCUT2D eigenvalue weighted by atomic mass is 10.1. The molecule has 5 nitrogen and oxygen atoms in total. The summed E-state index contributed by atoms with van der Waals surface area (Å²) >= 11 is 0. The Morgan fingerprint density at radius 3 is 2.54 bits per heavy atom. The van der Waals surface area contributed by atoms with Crippen molar-refractivity contribution >= 4 is 11.7 Å². The quantitative estimate of drug-likeness (QED) is 0.627. The van der Waals surface area contributed by atoms with Gasteiger partial charge in [-0.3, -0.25) is 4.79 Å². The maximum Gasteiger partial charge on any atom is 0.230 e. The summed E-state index contributed by atoms with van der Waals surface area (Å²) in [5.41, 5.74) is 3.16. The zero-order valence-corrected chi connectivity index (χ0v) is 16.1. The fourth-order valence-electron chi connectivity index (χ4n) is 2.76. The Labute approximate surface area is 165 Å². The zero-order valence-electron chi connectivity index (χ0n) is 16.1. The van der Waals surface area contributed by atoms with Gasteiger partial charge in [0.05, 0.1) is 13.0 Å². The second-order valence-electron chi connectivity index (χ2n) is 6.37. The Kier molecular flexibility index (Phi) is 6.63. The van der Waals surface area contributed by atoms with Crippen LogP contribution in [0.4, 0.5) is 5.82 Å². The van der Waals surface area contributed by atoms with E-state index in [1.807, 2.05) is 62.4 Å². The molecule has 0 radical (unpaired) electrons. The van der Waals surface area contributed by atoms with Crippen molar-refractivity contribution < 1.29 is 14.3 Å². The highest BCUT2D eigenvalue weighted by molar-refractivity contribution is 5.92. The molecule has 0 atom stereocenters. The van der Waals surface area contributed by atoms with Crippen LogP contribution in [0.25, 0.3) is 0 Å². The Hall–Kier alpha value is -3.34. The number of aromatic nitrogens is 1. The van der Waals surface area contributed by atoms with Crippen LogP contribution in [0, 0.1) is 6.92 Å². The first kappa shape index (κ1) is 19.4. The van der Waals surface area contributed by atoms with Gasteiger partial charge in [-0.15, -0.1) is 0 Å². The summed E-state index contributed by atoms with van der Waals surface area (Å²) in [6, 6.07) is 19.1. The van der Waals surface area contributed by atoms with Crippen LogP contribution in [0.1, 0.15) is 23.6 Å². The van der Waals surface area contributed by atoms with Gasteiger partial charge in [0.25, 0.3) is 0 Å². The van der Waals surface area contributed by atoms with Gasteiger partial charge in [0.2, 0.25) is 5.91 Å². The van der Waals surface area contributed by atoms with E-state index in [1.165, 1.54) is 0 Å². The van der Waals surface area contributed by atoms with Crippen LogP contribution >= 0.6 is 0 Å². The number of hydrogen-bond donors (Lipinski definition) is 1. The van der Waals surface area contributed by atoms with Crippen LogP contribution in [-0.4, -0.2) is 17.5 Å². The molecule has 0 aliphatic heterocycles. The first-order valence-corrected chi connectivity index (χ1v) is 9.29. The number of benzene rings is 2. The number of hydrogen-bond acceptors (Lipinski definition) is 4. The monoisotopic (exact) mass is 376 g/mol. The van der Waals surface area contributed by atoms with Gasteiger partial charge < -0.3 is 14.8 Å². The van der Waals surface area contributed by atoms with E-state index in [4.69, 9.17) is 9.47 Å². The fourth-order valence-corrected chi connectivity index (χ4v) is 2.76. The molecular weight excluding hydrogens is 352 g/mol. The summed E-state index contributed by atoms with van der Waals surface area (Å²) in [7, 11) is 0. The summed E-state index contributed by atoms with van der Waals surface area (Å²) in [4.78, 5) is 16.7. The minimum Gasteiger partial charge on any atom is -0.494 e. The Balaban J connectivity index is 1.62. The Morgan fingerprint density at radius 1 is 1.00 bits per heavy atom. The van der Waals surface area contributed by atoms with Crippen molar-refractivity contribution in [2.24, 2.45) is 0 Å². The molecule has 0 unspecified atom stereocenters. The third kappa shape index (κ3) is 5.33. The minimum absolute atomic E-state index is 0.149. The smallest absolute Gasteiger partial charge is 0.230 e. The van der Waals surface area contributed by atoms with Gasteiger partial charge in [-0.1, -0.05) is 36.4 Å². The molecule has 1 N–H and O–H groups in total. The number of nitrogens with zero attached hydrogens (tertiary/aromatic N) is 1. The van der Waals surface area contributed by atoms with Crippen molar-refractivity contribution in [2.45, 2.75) is 26.9 Å². The topological polar surface area (TPSA) is 60.5 Å². The fraction of sp³-hybridized carbons (Fsp3) is 0.217. The van der Waals surface area contributed by atoms with E-state index in [1.54, 1.807) is 18.3 Å². The van der Waals surface area contributed by atoms with Gasteiger partial charge in [-0.05, 0) is 54.8 Å². The predicted molar refractivity (Wildman–Crippen MR) is 110 cm³/mol. The van der Waals surface area contributed by atoms with Crippen molar-refractivity contribution in [1.82, 2.24) is 4.98 Å². The molecule has 144 valence electrons. The van der Waals surface area contributed by atoms with Gasteiger partial charge >= 0.3 is 0 Å². The molecule has 0 bridgehead atoms. The number of ether oxygens (including phenoxy) is 2. The second kappa shape index (κ2) is 9.55. The molecule has 0 fully saturated rings. The lowest BCUT2D eigenvalue weighted by molar-refractivity contribution is -0.115. The molecule has 1 amide bonds. The molecule has 28 heavy (non-hydrogen) atoms. The maximum absolute atomic E-state index is 12.4. The molecule has 0 aliphatic rings. The average Bonchev–Trinajstić information content (AvgIpc) is 2.70. The number of carbonyl (C=O) groups is 1. The highest BCUT2D eigenvalue weighted by Gasteiger charge is 2.11. The van der Waals surface area contributed by atoms with Crippen molar-refractivity contribution in [3.8, 4) is 11.5 Å². The van der Waals surface area contributed by atoms with Gasteiger partial charge in [-0.25, -0.2) is 4.98 Å². The molecule has 0 aliphatic carbocycles. The van der Waals surface area contributed by atoms with Crippen LogP contribution in [0.15, 0.2) is 66.9 Å². The maximum atomic E-state index is 12.4. The Bertz CT molecular complexity index is 923. The van der Waals surface area contributed by atoms with Crippen LogP contribution in [0.5, 0.6) is 11.5 Å². The predicted octanol–water partition coefficient (Wildman–Crippen LogP) is 4.55. The molecule has 1 heterocycles. The summed E-state index contributed by atoms with van der Waals surface area (Å²) in [5, 5.41) is 2.84. The Morgan fingerprint density at radius 2 is 1.79 bits per heavy atom. The summed E-state index contributed by atoms with van der Waals surface area (Å²) < 4.78 is 11.3. The van der Waals surface area contributed by atoms with Crippen LogP contribution in [-0.2, 0) is 17.8 Å². The molecule has 1 aromatic heterocycles. The minimum atomic E-state index is -0.149. The van der Waals surface area contributed by atoms with E-state index in [9.17, 15) is 4.79 Å². The summed E-state index contributed by atoms with van der Waals surface area (Å²) in [5.74, 6) is 1.62. The van der Waals surface area contributed by atoms with E-state index in [0.717, 1.165) is 22.4 Å². The van der Waals surface area contributed by atoms with Crippen molar-refractivity contribution in [3.05, 3.63) is 83.6 Å². The highest BCUT2D eigenvalue weighted by Crippen LogP contribution is 2.23. The van der Waals surface area contributed by atoms with Gasteiger partial charge in [-0.2, -0.15) is 0 Å².